The first-order valence-electron chi connectivity index (χ1n) is 7.30. The average Bonchev–Trinajstić information content (AvgIpc) is 2.80. The number of esters is 2. The Morgan fingerprint density at radius 2 is 1.91 bits per heavy atom. The SMILES string of the molecule is CCOC(=O)CCC1(C(=O)OCC)Oc2ccc(Cl)cc2C1=O. The Bertz CT molecular complexity index is 641. The van der Waals surface area contributed by atoms with Crippen molar-refractivity contribution in [1.29, 1.82) is 0 Å². The van der Waals surface area contributed by atoms with Crippen LogP contribution in [0.15, 0.2) is 18.2 Å². The molecule has 23 heavy (non-hydrogen) atoms. The molecular weight excluding hydrogens is 324 g/mol. The minimum absolute atomic E-state index is 0.0910. The Balaban J connectivity index is 2.31. The molecule has 0 N–H and O–H groups in total. The fourth-order valence-electron chi connectivity index (χ4n) is 2.38. The van der Waals surface area contributed by atoms with Gasteiger partial charge in [-0.2, -0.15) is 0 Å². The lowest BCUT2D eigenvalue weighted by molar-refractivity contribution is -0.158. The second-order valence-electron chi connectivity index (χ2n) is 4.92. The quantitative estimate of drug-likeness (QED) is 0.585. The maximum Gasteiger partial charge on any atom is 0.358 e. The Labute approximate surface area is 138 Å². The minimum Gasteiger partial charge on any atom is -0.466 e. The molecule has 0 saturated heterocycles. The lowest BCUT2D eigenvalue weighted by Gasteiger charge is -2.24. The summed E-state index contributed by atoms with van der Waals surface area (Å²) in [6.07, 6.45) is -0.296. The zero-order valence-electron chi connectivity index (χ0n) is 12.9. The van der Waals surface area contributed by atoms with E-state index >= 15 is 0 Å². The number of hydrogen-bond acceptors (Lipinski definition) is 6. The van der Waals surface area contributed by atoms with Gasteiger partial charge in [0.05, 0.1) is 25.2 Å². The van der Waals surface area contributed by atoms with Gasteiger partial charge in [0.1, 0.15) is 5.75 Å². The van der Waals surface area contributed by atoms with Gasteiger partial charge in [-0.3, -0.25) is 9.59 Å². The van der Waals surface area contributed by atoms with Crippen LogP contribution in [0.1, 0.15) is 37.0 Å². The maximum absolute atomic E-state index is 12.7. The number of halogens is 1. The number of rotatable bonds is 6. The molecule has 0 aromatic heterocycles. The van der Waals surface area contributed by atoms with Gasteiger partial charge in [-0.15, -0.1) is 0 Å². The highest BCUT2D eigenvalue weighted by Crippen LogP contribution is 2.39. The zero-order chi connectivity index (χ0) is 17.0. The normalized spacial score (nSPS) is 19.0. The molecule has 7 heteroatoms. The van der Waals surface area contributed by atoms with Gasteiger partial charge in [0.2, 0.25) is 5.78 Å². The second kappa shape index (κ2) is 7.00. The molecule has 2 rings (SSSR count). The molecule has 0 spiro atoms. The van der Waals surface area contributed by atoms with Crippen LogP contribution in [0.2, 0.25) is 5.02 Å². The summed E-state index contributed by atoms with van der Waals surface area (Å²) in [6.45, 7) is 3.61. The van der Waals surface area contributed by atoms with Crippen LogP contribution >= 0.6 is 11.6 Å². The molecule has 0 fully saturated rings. The number of carbonyl (C=O) groups excluding carboxylic acids is 3. The molecule has 1 aromatic carbocycles. The molecule has 1 aromatic rings. The van der Waals surface area contributed by atoms with E-state index in [1.54, 1.807) is 19.9 Å². The fourth-order valence-corrected chi connectivity index (χ4v) is 2.55. The predicted molar refractivity (Wildman–Crippen MR) is 81.6 cm³/mol. The molecule has 6 nitrogen and oxygen atoms in total. The van der Waals surface area contributed by atoms with Crippen LogP contribution < -0.4 is 4.74 Å². The first kappa shape index (κ1) is 17.3. The zero-order valence-corrected chi connectivity index (χ0v) is 13.6. The Morgan fingerprint density at radius 3 is 2.57 bits per heavy atom. The first-order valence-corrected chi connectivity index (χ1v) is 7.68. The molecule has 1 atom stereocenters. The summed E-state index contributed by atoms with van der Waals surface area (Å²) in [5, 5.41) is 0.353. The molecule has 0 radical (unpaired) electrons. The molecule has 124 valence electrons. The standard InChI is InChI=1S/C16H17ClO6/c1-3-21-13(18)7-8-16(15(20)22-4-2)14(19)11-9-10(17)5-6-12(11)23-16/h5-6,9H,3-4,7-8H2,1-2H3. The van der Waals surface area contributed by atoms with Crippen LogP contribution in [-0.2, 0) is 19.1 Å². The van der Waals surface area contributed by atoms with E-state index in [1.165, 1.54) is 12.1 Å². The summed E-state index contributed by atoms with van der Waals surface area (Å²) in [7, 11) is 0. The highest BCUT2D eigenvalue weighted by Gasteiger charge is 2.55. The number of benzene rings is 1. The van der Waals surface area contributed by atoms with E-state index in [1.807, 2.05) is 0 Å². The molecule has 0 amide bonds. The third-order valence-electron chi connectivity index (χ3n) is 3.43. The smallest absolute Gasteiger partial charge is 0.358 e. The summed E-state index contributed by atoms with van der Waals surface area (Å²) in [5.74, 6) is -1.64. The summed E-state index contributed by atoms with van der Waals surface area (Å²) in [6, 6.07) is 4.51. The van der Waals surface area contributed by atoms with Crippen molar-refractivity contribution < 1.29 is 28.6 Å². The second-order valence-corrected chi connectivity index (χ2v) is 5.36. The van der Waals surface area contributed by atoms with E-state index in [-0.39, 0.29) is 37.4 Å². The molecule has 1 aliphatic rings. The number of ether oxygens (including phenoxy) is 3. The van der Waals surface area contributed by atoms with Gasteiger partial charge >= 0.3 is 11.9 Å². The number of Topliss-reactive ketones (excluding diaryl/α,β-unsaturated/α-hetero) is 1. The van der Waals surface area contributed by atoms with Gasteiger partial charge in [-0.1, -0.05) is 11.6 Å². The van der Waals surface area contributed by atoms with Crippen LogP contribution in [0, 0.1) is 0 Å². The van der Waals surface area contributed by atoms with E-state index in [9.17, 15) is 14.4 Å². The van der Waals surface area contributed by atoms with Crippen LogP contribution in [0.4, 0.5) is 0 Å². The van der Waals surface area contributed by atoms with Crippen molar-refractivity contribution >= 4 is 29.3 Å². The maximum atomic E-state index is 12.7. The number of hydrogen-bond donors (Lipinski definition) is 0. The third kappa shape index (κ3) is 3.32. The molecule has 1 heterocycles. The van der Waals surface area contributed by atoms with E-state index in [2.05, 4.69) is 0 Å². The predicted octanol–water partition coefficient (Wildman–Crippen LogP) is 2.56. The Hall–Kier alpha value is -2.08. The summed E-state index contributed by atoms with van der Waals surface area (Å²) in [5.41, 5.74) is -1.66. The van der Waals surface area contributed by atoms with Crippen LogP contribution in [0.5, 0.6) is 5.75 Å². The largest absolute Gasteiger partial charge is 0.466 e. The topological polar surface area (TPSA) is 78.9 Å². The minimum atomic E-state index is -1.87. The number of fused-ring (bicyclic) bond motifs is 1. The molecule has 1 aliphatic heterocycles. The molecular formula is C16H17ClO6. The number of ketones is 1. The van der Waals surface area contributed by atoms with E-state index < -0.39 is 23.3 Å². The molecule has 0 aliphatic carbocycles. The van der Waals surface area contributed by atoms with E-state index in [4.69, 9.17) is 25.8 Å². The lowest BCUT2D eigenvalue weighted by Crippen LogP contribution is -2.49. The summed E-state index contributed by atoms with van der Waals surface area (Å²) in [4.78, 5) is 36.7. The van der Waals surface area contributed by atoms with Crippen molar-refractivity contribution in [2.75, 3.05) is 13.2 Å². The summed E-state index contributed by atoms with van der Waals surface area (Å²) < 4.78 is 15.4. The van der Waals surface area contributed by atoms with Gasteiger partial charge in [-0.05, 0) is 32.0 Å². The fraction of sp³-hybridized carbons (Fsp3) is 0.438. The third-order valence-corrected chi connectivity index (χ3v) is 3.66. The highest BCUT2D eigenvalue weighted by atomic mass is 35.5. The van der Waals surface area contributed by atoms with Crippen molar-refractivity contribution in [3.63, 3.8) is 0 Å². The highest BCUT2D eigenvalue weighted by molar-refractivity contribution is 6.31. The van der Waals surface area contributed by atoms with Gasteiger partial charge in [-0.25, -0.2) is 4.79 Å². The van der Waals surface area contributed by atoms with Crippen LogP contribution in [0.25, 0.3) is 0 Å². The lowest BCUT2D eigenvalue weighted by atomic mass is 9.90. The van der Waals surface area contributed by atoms with Crippen molar-refractivity contribution in [3.8, 4) is 5.75 Å². The Kier molecular flexibility index (Phi) is 5.26. The van der Waals surface area contributed by atoms with Crippen molar-refractivity contribution in [2.45, 2.75) is 32.3 Å². The number of carbonyl (C=O) groups is 3. The van der Waals surface area contributed by atoms with E-state index in [0.717, 1.165) is 0 Å². The Morgan fingerprint density at radius 1 is 1.22 bits per heavy atom. The average molecular weight is 341 g/mol. The van der Waals surface area contributed by atoms with Crippen molar-refractivity contribution in [3.05, 3.63) is 28.8 Å². The van der Waals surface area contributed by atoms with Gasteiger partial charge < -0.3 is 14.2 Å². The molecule has 0 saturated carbocycles. The van der Waals surface area contributed by atoms with Gasteiger partial charge in [0.25, 0.3) is 5.60 Å². The van der Waals surface area contributed by atoms with Gasteiger partial charge in [0.15, 0.2) is 0 Å². The summed E-state index contributed by atoms with van der Waals surface area (Å²) >= 11 is 5.89. The van der Waals surface area contributed by atoms with E-state index in [0.29, 0.717) is 5.02 Å². The van der Waals surface area contributed by atoms with Gasteiger partial charge in [0, 0.05) is 11.4 Å². The van der Waals surface area contributed by atoms with Crippen LogP contribution in [0.3, 0.4) is 0 Å². The first-order chi connectivity index (χ1) is 10.9. The molecule has 0 bridgehead atoms. The van der Waals surface area contributed by atoms with Crippen LogP contribution in [-0.4, -0.2) is 36.5 Å². The van der Waals surface area contributed by atoms with Crippen molar-refractivity contribution in [2.24, 2.45) is 0 Å². The van der Waals surface area contributed by atoms with Crippen molar-refractivity contribution in [1.82, 2.24) is 0 Å². The monoisotopic (exact) mass is 340 g/mol. The molecule has 1 unspecified atom stereocenters.